The van der Waals surface area contributed by atoms with Gasteiger partial charge in [-0.2, -0.15) is 12.6 Å². The molecule has 11 N–H and O–H groups in total. The first kappa shape index (κ1) is 30.1. The van der Waals surface area contributed by atoms with Gasteiger partial charge in [-0.15, -0.1) is 0 Å². The number of carbonyl (C=O) groups is 6. The van der Waals surface area contributed by atoms with Gasteiger partial charge in [0, 0.05) is 12.2 Å². The smallest absolute Gasteiger partial charge is 0.327 e. The van der Waals surface area contributed by atoms with Crippen LogP contribution in [0.3, 0.4) is 0 Å². The Bertz CT molecular complexity index is 722. The Morgan fingerprint density at radius 3 is 1.85 bits per heavy atom. The highest BCUT2D eigenvalue weighted by atomic mass is 32.1. The van der Waals surface area contributed by atoms with Gasteiger partial charge in [0.15, 0.2) is 0 Å². The molecule has 0 aliphatic carbocycles. The third-order valence-corrected chi connectivity index (χ3v) is 4.79. The van der Waals surface area contributed by atoms with Crippen LogP contribution in [-0.4, -0.2) is 82.2 Å². The molecule has 0 aliphatic rings. The van der Waals surface area contributed by atoms with Crippen LogP contribution in [0.5, 0.6) is 0 Å². The number of aliphatic carboxylic acids is 2. The van der Waals surface area contributed by atoms with E-state index in [0.717, 1.165) is 0 Å². The van der Waals surface area contributed by atoms with E-state index in [9.17, 15) is 28.8 Å². The van der Waals surface area contributed by atoms with Gasteiger partial charge in [-0.1, -0.05) is 6.42 Å². The molecule has 0 aromatic rings. The number of carboxylic acid groups (broad SMARTS) is 2. The first-order valence-electron chi connectivity index (χ1n) is 10.1. The van der Waals surface area contributed by atoms with Crippen LogP contribution in [0.1, 0.15) is 38.5 Å². The fourth-order valence-electron chi connectivity index (χ4n) is 2.60. The van der Waals surface area contributed by atoms with Crippen molar-refractivity contribution in [1.29, 1.82) is 0 Å². The van der Waals surface area contributed by atoms with Gasteiger partial charge in [0.25, 0.3) is 0 Å². The van der Waals surface area contributed by atoms with Gasteiger partial charge in [-0.3, -0.25) is 24.0 Å². The average Bonchev–Trinajstić information content (AvgIpc) is 2.73. The standard InChI is InChI=1S/C18H32N6O8S/c19-6-2-1-3-9(20)15(28)22-10(4-5-14(26)27)16(29)23-11(7-13(21)25)17(30)24-12(8-33)18(31)32/h9-12,33H,1-8,19-20H2,(H2,21,25)(H,22,28)(H,23,29)(H,24,30)(H,26,27)(H,31,32). The molecule has 0 saturated carbocycles. The number of hydrogen-bond donors (Lipinski definition) is 9. The number of amides is 4. The summed E-state index contributed by atoms with van der Waals surface area (Å²) in [6.07, 6.45) is -0.0147. The summed E-state index contributed by atoms with van der Waals surface area (Å²) in [6, 6.07) is -5.34. The van der Waals surface area contributed by atoms with Crippen molar-refractivity contribution in [3.8, 4) is 0 Å². The predicted octanol–water partition coefficient (Wildman–Crippen LogP) is -3.35. The number of unbranched alkanes of at least 4 members (excludes halogenated alkanes) is 1. The molecule has 188 valence electrons. The van der Waals surface area contributed by atoms with E-state index in [0.29, 0.717) is 19.4 Å². The van der Waals surface area contributed by atoms with Crippen LogP contribution in [0.15, 0.2) is 0 Å². The first-order chi connectivity index (χ1) is 15.4. The van der Waals surface area contributed by atoms with E-state index >= 15 is 0 Å². The highest BCUT2D eigenvalue weighted by Crippen LogP contribution is 2.04. The molecule has 4 amide bonds. The maximum absolute atomic E-state index is 12.7. The maximum atomic E-state index is 12.7. The average molecular weight is 493 g/mol. The van der Waals surface area contributed by atoms with Gasteiger partial charge in [0.05, 0.1) is 12.5 Å². The Morgan fingerprint density at radius 1 is 0.818 bits per heavy atom. The first-order valence-corrected chi connectivity index (χ1v) is 10.8. The van der Waals surface area contributed by atoms with E-state index in [1.165, 1.54) is 0 Å². The van der Waals surface area contributed by atoms with E-state index in [2.05, 4.69) is 28.6 Å². The summed E-state index contributed by atoms with van der Waals surface area (Å²) in [5.41, 5.74) is 16.3. The second kappa shape index (κ2) is 15.8. The quantitative estimate of drug-likeness (QED) is 0.0719. The molecular formula is C18H32N6O8S. The van der Waals surface area contributed by atoms with Gasteiger partial charge in [0.2, 0.25) is 23.6 Å². The van der Waals surface area contributed by atoms with E-state index in [1.54, 1.807) is 0 Å². The minimum absolute atomic E-state index is 0.266. The van der Waals surface area contributed by atoms with Gasteiger partial charge < -0.3 is 43.4 Å². The summed E-state index contributed by atoms with van der Waals surface area (Å²) >= 11 is 3.81. The normalized spacial score (nSPS) is 14.3. The number of primary amides is 1. The Balaban J connectivity index is 5.42. The van der Waals surface area contributed by atoms with Crippen LogP contribution in [0.4, 0.5) is 0 Å². The van der Waals surface area contributed by atoms with Crippen molar-refractivity contribution in [3.05, 3.63) is 0 Å². The van der Waals surface area contributed by atoms with Crippen LogP contribution < -0.4 is 33.2 Å². The molecule has 0 aliphatic heterocycles. The van der Waals surface area contributed by atoms with E-state index < -0.39 is 72.6 Å². The van der Waals surface area contributed by atoms with Gasteiger partial charge in [0.1, 0.15) is 18.1 Å². The number of nitrogens with one attached hydrogen (secondary N) is 3. The third-order valence-electron chi connectivity index (χ3n) is 4.42. The molecule has 33 heavy (non-hydrogen) atoms. The Hall–Kier alpha value is -2.91. The lowest BCUT2D eigenvalue weighted by atomic mass is 10.1. The van der Waals surface area contributed by atoms with Gasteiger partial charge >= 0.3 is 11.9 Å². The summed E-state index contributed by atoms with van der Waals surface area (Å²) in [4.78, 5) is 70.9. The van der Waals surface area contributed by atoms with Crippen molar-refractivity contribution in [2.45, 2.75) is 62.7 Å². The van der Waals surface area contributed by atoms with Crippen LogP contribution in [0.25, 0.3) is 0 Å². The van der Waals surface area contributed by atoms with E-state index in [4.69, 9.17) is 27.4 Å². The third kappa shape index (κ3) is 12.6. The highest BCUT2D eigenvalue weighted by Gasteiger charge is 2.31. The SMILES string of the molecule is NCCCCC(N)C(=O)NC(CCC(=O)O)C(=O)NC(CC(N)=O)C(=O)NC(CS)C(=O)O. The molecule has 15 heteroatoms. The van der Waals surface area contributed by atoms with Crippen molar-refractivity contribution in [3.63, 3.8) is 0 Å². The lowest BCUT2D eigenvalue weighted by molar-refractivity contribution is -0.141. The number of nitrogens with two attached hydrogens (primary N) is 3. The van der Waals surface area contributed by atoms with Crippen LogP contribution in [0.2, 0.25) is 0 Å². The topological polar surface area (TPSA) is 257 Å². The molecule has 0 heterocycles. The molecule has 0 spiro atoms. The summed E-state index contributed by atoms with van der Waals surface area (Å²) in [5.74, 6) is -6.58. The van der Waals surface area contributed by atoms with Crippen molar-refractivity contribution < 1.29 is 39.0 Å². The van der Waals surface area contributed by atoms with Crippen LogP contribution in [0, 0.1) is 0 Å². The van der Waals surface area contributed by atoms with Crippen LogP contribution in [-0.2, 0) is 28.8 Å². The minimum atomic E-state index is -1.57. The molecule has 0 fully saturated rings. The lowest BCUT2D eigenvalue weighted by Gasteiger charge is -2.24. The zero-order chi connectivity index (χ0) is 25.6. The number of hydrogen-bond acceptors (Lipinski definition) is 9. The highest BCUT2D eigenvalue weighted by molar-refractivity contribution is 7.80. The Kier molecular flexibility index (Phi) is 14.4. The molecular weight excluding hydrogens is 460 g/mol. The number of thiol groups is 1. The zero-order valence-electron chi connectivity index (χ0n) is 18.0. The molecule has 4 unspecified atom stereocenters. The maximum Gasteiger partial charge on any atom is 0.327 e. The van der Waals surface area contributed by atoms with Crippen molar-refractivity contribution in [2.24, 2.45) is 17.2 Å². The van der Waals surface area contributed by atoms with Gasteiger partial charge in [-0.05, 0) is 25.8 Å². The number of rotatable bonds is 17. The Morgan fingerprint density at radius 2 is 1.36 bits per heavy atom. The molecule has 0 rings (SSSR count). The fourth-order valence-corrected chi connectivity index (χ4v) is 2.84. The van der Waals surface area contributed by atoms with Crippen molar-refractivity contribution in [2.75, 3.05) is 12.3 Å². The largest absolute Gasteiger partial charge is 0.481 e. The molecule has 0 saturated heterocycles. The van der Waals surface area contributed by atoms with Crippen molar-refractivity contribution >= 4 is 48.2 Å². The summed E-state index contributed by atoms with van der Waals surface area (Å²) in [7, 11) is 0. The zero-order valence-corrected chi connectivity index (χ0v) is 18.9. The van der Waals surface area contributed by atoms with Gasteiger partial charge in [-0.25, -0.2) is 4.79 Å². The minimum Gasteiger partial charge on any atom is -0.481 e. The molecule has 14 nitrogen and oxygen atoms in total. The number of carbonyl (C=O) groups excluding carboxylic acids is 4. The predicted molar refractivity (Wildman–Crippen MR) is 119 cm³/mol. The molecule has 0 aromatic heterocycles. The lowest BCUT2D eigenvalue weighted by Crippen LogP contribution is -2.58. The number of carboxylic acids is 2. The van der Waals surface area contributed by atoms with E-state index in [-0.39, 0.29) is 18.6 Å². The monoisotopic (exact) mass is 492 g/mol. The van der Waals surface area contributed by atoms with E-state index in [1.807, 2.05) is 0 Å². The second-order valence-electron chi connectivity index (χ2n) is 7.20. The fraction of sp³-hybridized carbons (Fsp3) is 0.667. The summed E-state index contributed by atoms with van der Waals surface area (Å²) in [5, 5.41) is 24.6. The molecule has 0 bridgehead atoms. The van der Waals surface area contributed by atoms with Crippen LogP contribution >= 0.6 is 12.6 Å². The summed E-state index contributed by atoms with van der Waals surface area (Å²) in [6.45, 7) is 0.414. The Labute approximate surface area is 195 Å². The second-order valence-corrected chi connectivity index (χ2v) is 7.56. The molecule has 4 atom stereocenters. The van der Waals surface area contributed by atoms with Crippen molar-refractivity contribution in [1.82, 2.24) is 16.0 Å². The molecule has 0 radical (unpaired) electrons. The summed E-state index contributed by atoms with van der Waals surface area (Å²) < 4.78 is 0. The molecule has 0 aromatic carbocycles.